The fraction of sp³-hybridized carbons (Fsp3) is 0.455. The van der Waals surface area contributed by atoms with E-state index in [0.717, 1.165) is 13.0 Å². The maximum absolute atomic E-state index is 5.54. The number of hydrogen-bond donors (Lipinski definition) is 1. The Morgan fingerprint density at radius 3 is 2.77 bits per heavy atom. The molecule has 0 aliphatic carbocycles. The molecule has 1 aromatic rings. The molecule has 1 atom stereocenters. The number of nitrogens with two attached hydrogens (primary N) is 1. The quantitative estimate of drug-likeness (QED) is 0.865. The summed E-state index contributed by atoms with van der Waals surface area (Å²) in [5.41, 5.74) is 8.20. The van der Waals surface area contributed by atoms with E-state index in [1.54, 1.807) is 0 Å². The first kappa shape index (κ1) is 10.7. The molecule has 72 valence electrons. The van der Waals surface area contributed by atoms with E-state index >= 15 is 0 Å². The summed E-state index contributed by atoms with van der Waals surface area (Å²) in [4.78, 5) is 0. The van der Waals surface area contributed by atoms with Gasteiger partial charge in [-0.2, -0.15) is 0 Å². The Balaban J connectivity index is 2.93. The molecule has 2 N–H and O–H groups in total. The summed E-state index contributed by atoms with van der Waals surface area (Å²) >= 11 is 3.61. The first-order valence-electron chi connectivity index (χ1n) is 4.62. The Hall–Kier alpha value is -0.340. The molecule has 0 amide bonds. The minimum absolute atomic E-state index is 0.541. The highest BCUT2D eigenvalue weighted by Gasteiger charge is 2.09. The molecule has 0 aromatic heterocycles. The van der Waals surface area contributed by atoms with Gasteiger partial charge in [-0.15, -0.1) is 0 Å². The predicted molar refractivity (Wildman–Crippen MR) is 61.0 cm³/mol. The van der Waals surface area contributed by atoms with Crippen LogP contribution in [0, 0.1) is 6.92 Å². The van der Waals surface area contributed by atoms with Crippen molar-refractivity contribution in [2.24, 2.45) is 5.73 Å². The second kappa shape index (κ2) is 4.77. The molecule has 0 heterocycles. The molecular weight excluding hydrogens is 226 g/mol. The van der Waals surface area contributed by atoms with Crippen LogP contribution in [0.2, 0.25) is 0 Å². The number of aryl methyl sites for hydroxylation is 1. The van der Waals surface area contributed by atoms with Crippen molar-refractivity contribution < 1.29 is 0 Å². The molecule has 1 rings (SSSR count). The highest BCUT2D eigenvalue weighted by Crippen LogP contribution is 2.29. The summed E-state index contributed by atoms with van der Waals surface area (Å²) in [5.74, 6) is 0.541. The Kier molecular flexibility index (Phi) is 3.94. The molecular formula is C11H16BrN. The van der Waals surface area contributed by atoms with E-state index in [1.165, 1.54) is 15.6 Å². The monoisotopic (exact) mass is 241 g/mol. The Bertz CT molecular complexity index is 283. The van der Waals surface area contributed by atoms with Crippen molar-refractivity contribution in [3.63, 3.8) is 0 Å². The normalized spacial score (nSPS) is 12.9. The molecule has 0 spiro atoms. The van der Waals surface area contributed by atoms with Gasteiger partial charge in [0.25, 0.3) is 0 Å². The van der Waals surface area contributed by atoms with Crippen LogP contribution in [0.15, 0.2) is 22.7 Å². The fourth-order valence-electron chi connectivity index (χ4n) is 1.46. The van der Waals surface area contributed by atoms with Gasteiger partial charge < -0.3 is 5.73 Å². The SMILES string of the molecule is Cc1cccc(C(C)CCN)c1Br. The standard InChI is InChI=1S/C11H16BrN/c1-8(6-7-13)10-5-3-4-9(2)11(10)12/h3-5,8H,6-7,13H2,1-2H3. The third kappa shape index (κ3) is 2.55. The van der Waals surface area contributed by atoms with Gasteiger partial charge >= 0.3 is 0 Å². The van der Waals surface area contributed by atoms with Crippen LogP contribution in [0.4, 0.5) is 0 Å². The summed E-state index contributed by atoms with van der Waals surface area (Å²) in [7, 11) is 0. The van der Waals surface area contributed by atoms with E-state index in [1.807, 2.05) is 0 Å². The van der Waals surface area contributed by atoms with Crippen LogP contribution in [0.1, 0.15) is 30.4 Å². The molecule has 0 fully saturated rings. The topological polar surface area (TPSA) is 26.0 Å². The first-order chi connectivity index (χ1) is 6.16. The summed E-state index contributed by atoms with van der Waals surface area (Å²) < 4.78 is 1.23. The molecule has 0 radical (unpaired) electrons. The summed E-state index contributed by atoms with van der Waals surface area (Å²) in [6, 6.07) is 6.38. The number of hydrogen-bond acceptors (Lipinski definition) is 1. The molecule has 1 unspecified atom stereocenters. The lowest BCUT2D eigenvalue weighted by molar-refractivity contribution is 0.687. The van der Waals surface area contributed by atoms with E-state index in [0.29, 0.717) is 5.92 Å². The highest BCUT2D eigenvalue weighted by molar-refractivity contribution is 9.10. The molecule has 0 aliphatic heterocycles. The van der Waals surface area contributed by atoms with Crippen molar-refractivity contribution in [1.82, 2.24) is 0 Å². The van der Waals surface area contributed by atoms with Gasteiger partial charge in [0.15, 0.2) is 0 Å². The third-order valence-corrected chi connectivity index (χ3v) is 3.44. The van der Waals surface area contributed by atoms with Crippen LogP contribution < -0.4 is 5.73 Å². The van der Waals surface area contributed by atoms with Crippen LogP contribution in [0.25, 0.3) is 0 Å². The molecule has 1 aromatic carbocycles. The lowest BCUT2D eigenvalue weighted by Crippen LogP contribution is -2.05. The van der Waals surface area contributed by atoms with Crippen molar-refractivity contribution >= 4 is 15.9 Å². The van der Waals surface area contributed by atoms with Gasteiger partial charge in [-0.05, 0) is 36.9 Å². The minimum Gasteiger partial charge on any atom is -0.330 e. The van der Waals surface area contributed by atoms with E-state index < -0.39 is 0 Å². The first-order valence-corrected chi connectivity index (χ1v) is 5.41. The molecule has 0 aliphatic rings. The Morgan fingerprint density at radius 2 is 2.15 bits per heavy atom. The average Bonchev–Trinajstić information content (AvgIpc) is 2.10. The van der Waals surface area contributed by atoms with Crippen molar-refractivity contribution in [2.45, 2.75) is 26.2 Å². The fourth-order valence-corrected chi connectivity index (χ4v) is 2.11. The van der Waals surface area contributed by atoms with E-state index in [9.17, 15) is 0 Å². The zero-order valence-electron chi connectivity index (χ0n) is 8.18. The van der Waals surface area contributed by atoms with Crippen molar-refractivity contribution in [3.05, 3.63) is 33.8 Å². The van der Waals surface area contributed by atoms with Crippen molar-refractivity contribution in [2.75, 3.05) is 6.54 Å². The van der Waals surface area contributed by atoms with Crippen LogP contribution in [-0.4, -0.2) is 6.54 Å². The van der Waals surface area contributed by atoms with Crippen molar-refractivity contribution in [3.8, 4) is 0 Å². The molecule has 0 saturated heterocycles. The van der Waals surface area contributed by atoms with Gasteiger partial charge in [0.05, 0.1) is 0 Å². The zero-order valence-corrected chi connectivity index (χ0v) is 9.76. The average molecular weight is 242 g/mol. The van der Waals surface area contributed by atoms with E-state index in [-0.39, 0.29) is 0 Å². The van der Waals surface area contributed by atoms with Crippen LogP contribution in [-0.2, 0) is 0 Å². The second-order valence-electron chi connectivity index (χ2n) is 3.46. The van der Waals surface area contributed by atoms with Crippen LogP contribution >= 0.6 is 15.9 Å². The molecule has 0 saturated carbocycles. The lowest BCUT2D eigenvalue weighted by atomic mass is 9.96. The minimum atomic E-state index is 0.541. The smallest absolute Gasteiger partial charge is 0.0239 e. The number of rotatable bonds is 3. The maximum atomic E-state index is 5.54. The second-order valence-corrected chi connectivity index (χ2v) is 4.25. The Morgan fingerprint density at radius 1 is 1.46 bits per heavy atom. The number of halogens is 1. The summed E-state index contributed by atoms with van der Waals surface area (Å²) in [5, 5.41) is 0. The van der Waals surface area contributed by atoms with Gasteiger partial charge in [-0.3, -0.25) is 0 Å². The molecule has 2 heteroatoms. The van der Waals surface area contributed by atoms with Crippen LogP contribution in [0.3, 0.4) is 0 Å². The van der Waals surface area contributed by atoms with Gasteiger partial charge in [-0.1, -0.05) is 41.1 Å². The summed E-state index contributed by atoms with van der Waals surface area (Å²) in [6.45, 7) is 5.08. The van der Waals surface area contributed by atoms with Gasteiger partial charge in [0, 0.05) is 4.47 Å². The molecule has 0 bridgehead atoms. The van der Waals surface area contributed by atoms with Gasteiger partial charge in [-0.25, -0.2) is 0 Å². The van der Waals surface area contributed by atoms with E-state index in [2.05, 4.69) is 48.0 Å². The predicted octanol–water partition coefficient (Wildman–Crippen LogP) is 3.21. The van der Waals surface area contributed by atoms with Gasteiger partial charge in [0.2, 0.25) is 0 Å². The van der Waals surface area contributed by atoms with Crippen molar-refractivity contribution in [1.29, 1.82) is 0 Å². The maximum Gasteiger partial charge on any atom is 0.0239 e. The highest BCUT2D eigenvalue weighted by atomic mass is 79.9. The van der Waals surface area contributed by atoms with Gasteiger partial charge in [0.1, 0.15) is 0 Å². The molecule has 1 nitrogen and oxygen atoms in total. The third-order valence-electron chi connectivity index (χ3n) is 2.35. The zero-order chi connectivity index (χ0) is 9.84. The lowest BCUT2D eigenvalue weighted by Gasteiger charge is -2.13. The molecule has 13 heavy (non-hydrogen) atoms. The number of benzene rings is 1. The largest absolute Gasteiger partial charge is 0.330 e. The Labute approximate surface area is 88.5 Å². The summed E-state index contributed by atoms with van der Waals surface area (Å²) in [6.07, 6.45) is 1.04. The van der Waals surface area contributed by atoms with Crippen LogP contribution in [0.5, 0.6) is 0 Å². The van der Waals surface area contributed by atoms with E-state index in [4.69, 9.17) is 5.73 Å².